The number of benzene rings is 1. The molecule has 6 heteroatoms. The van der Waals surface area contributed by atoms with Gasteiger partial charge >= 0.3 is 78.2 Å². The van der Waals surface area contributed by atoms with Crippen molar-refractivity contribution in [3.05, 3.63) is 29.8 Å². The van der Waals surface area contributed by atoms with Crippen LogP contribution in [0.1, 0.15) is 102 Å². The molecule has 0 unspecified atom stereocenters. The van der Waals surface area contributed by atoms with Crippen LogP contribution < -0.4 is 0 Å². The van der Waals surface area contributed by atoms with Crippen LogP contribution in [0.5, 0.6) is 5.75 Å². The Morgan fingerprint density at radius 3 is 1.45 bits per heavy atom. The molecule has 3 aliphatic rings. The Morgan fingerprint density at radius 2 is 1.10 bits per heavy atom. The van der Waals surface area contributed by atoms with Gasteiger partial charge in [-0.05, 0) is 77.0 Å². The van der Waals surface area contributed by atoms with Crippen molar-refractivity contribution in [1.29, 1.82) is 0 Å². The molecule has 1 nitrogen and oxygen atoms in total. The zero-order valence-electron chi connectivity index (χ0n) is 18.9. The van der Waals surface area contributed by atoms with E-state index < -0.39 is 13.5 Å². The molecule has 4 rings (SSSR count). The summed E-state index contributed by atoms with van der Waals surface area (Å²) >= 11 is -1.80. The average molecular weight is 700 g/mol. The Morgan fingerprint density at radius 1 is 0.710 bits per heavy atom. The predicted octanol–water partition coefficient (Wildman–Crippen LogP) is 8.67. The number of phenols is 1. The van der Waals surface area contributed by atoms with Crippen molar-refractivity contribution in [3.8, 4) is 5.75 Å². The second-order valence-electron chi connectivity index (χ2n) is 9.37. The molecule has 3 aliphatic carbocycles. The summed E-state index contributed by atoms with van der Waals surface area (Å²) in [5.41, 5.74) is 4.40. The predicted molar refractivity (Wildman–Crippen MR) is 134 cm³/mol. The Balaban J connectivity index is 0.000000245. The van der Waals surface area contributed by atoms with Gasteiger partial charge in [0.05, 0.1) is 17.0 Å². The fourth-order valence-corrected chi connectivity index (χ4v) is 13.0. The fraction of sp³-hybridized carbons (Fsp3) is 0.720. The first-order valence-corrected chi connectivity index (χ1v) is 19.3. The summed E-state index contributed by atoms with van der Waals surface area (Å²) in [7, 11) is 11.2. The van der Waals surface area contributed by atoms with Crippen LogP contribution >= 0.6 is 27.3 Å². The quantitative estimate of drug-likeness (QED) is 0.246. The van der Waals surface area contributed by atoms with Crippen molar-refractivity contribution in [2.75, 3.05) is 0 Å². The number of phenolic OH excluding ortho intramolecular Hbond substituents is 1. The van der Waals surface area contributed by atoms with Crippen molar-refractivity contribution in [2.45, 2.75) is 113 Å². The summed E-state index contributed by atoms with van der Waals surface area (Å²) in [6.45, 7) is 0. The standard InChI is InChI=1S/C18H33P.C7H6O.2ClH.Pr.Ru/c1-4-10-16(11-5-1)19(17-12-6-2-7-13-17)18-14-8-3-9-15-18;1-6-4-2-3-5-7(6)8;;;;/h16-18H,1-15H2;1-5,8H;2*1H;;/q;;;;;+2/p-1. The maximum absolute atomic E-state index is 9.23. The van der Waals surface area contributed by atoms with Crippen LogP contribution in [0.15, 0.2) is 24.3 Å². The normalized spacial score (nSPS) is 21.6. The van der Waals surface area contributed by atoms with Gasteiger partial charge in [-0.3, -0.25) is 0 Å². The van der Waals surface area contributed by atoms with E-state index >= 15 is 0 Å². The molecule has 31 heavy (non-hydrogen) atoms. The van der Waals surface area contributed by atoms with Gasteiger partial charge < -0.3 is 0 Å². The molecule has 0 bridgehead atoms. The number of rotatable bonds is 4. The molecule has 0 amide bonds. The van der Waals surface area contributed by atoms with E-state index in [1.54, 1.807) is 119 Å². The van der Waals surface area contributed by atoms with E-state index in [2.05, 4.69) is 0 Å². The minimum absolute atomic E-state index is 0. The van der Waals surface area contributed by atoms with Crippen molar-refractivity contribution >= 4 is 31.9 Å². The van der Waals surface area contributed by atoms with Gasteiger partial charge in [0.1, 0.15) is 0 Å². The van der Waals surface area contributed by atoms with E-state index in [4.69, 9.17) is 19.4 Å². The first kappa shape index (κ1) is 29.1. The van der Waals surface area contributed by atoms with Gasteiger partial charge in [0.25, 0.3) is 0 Å². The molecule has 1 N–H and O–H groups in total. The van der Waals surface area contributed by atoms with Crippen molar-refractivity contribution < 1.29 is 59.9 Å². The monoisotopic (exact) mass is 700 g/mol. The van der Waals surface area contributed by atoms with Gasteiger partial charge in [-0.25, -0.2) is 0 Å². The first-order chi connectivity index (χ1) is 14.6. The molecule has 0 atom stereocenters. The van der Waals surface area contributed by atoms with Crippen LogP contribution in [-0.2, 0) is 13.5 Å². The number of aromatic hydroxyl groups is 1. The zero-order valence-corrected chi connectivity index (χ0v) is 26.8. The Kier molecular flexibility index (Phi) is 15.5. The Bertz CT molecular complexity index is 610. The van der Waals surface area contributed by atoms with E-state index in [9.17, 15) is 5.11 Å². The summed E-state index contributed by atoms with van der Waals surface area (Å²) in [6.07, 6.45) is 23.8. The van der Waals surface area contributed by atoms with Gasteiger partial charge in [-0.2, -0.15) is 0 Å². The van der Waals surface area contributed by atoms with E-state index in [0.29, 0.717) is 0 Å². The zero-order chi connectivity index (χ0) is 21.2. The van der Waals surface area contributed by atoms with Crippen LogP contribution in [0.2, 0.25) is 0 Å². The second kappa shape index (κ2) is 16.5. The maximum Gasteiger partial charge on any atom is 0 e. The minimum atomic E-state index is -1.80. The summed E-state index contributed by atoms with van der Waals surface area (Å²) in [4.78, 5) is 0. The molecule has 0 saturated heterocycles. The average Bonchev–Trinajstić information content (AvgIpc) is 2.78. The van der Waals surface area contributed by atoms with E-state index in [1.807, 2.05) is 6.07 Å². The Hall–Kier alpha value is 1.89. The van der Waals surface area contributed by atoms with Crippen LogP contribution in [0, 0.1) is 41.3 Å². The van der Waals surface area contributed by atoms with E-state index in [1.165, 1.54) is 17.0 Å². The topological polar surface area (TPSA) is 20.2 Å². The summed E-state index contributed by atoms with van der Waals surface area (Å²) < 4.78 is 1.71. The fourth-order valence-electron chi connectivity index (χ4n) is 5.96. The second-order valence-corrected chi connectivity index (χ2v) is 18.5. The molecular weight excluding hydrogens is 660 g/mol. The molecular formula is C25H40Cl2OPPrRu+. The molecule has 175 valence electrons. The molecule has 0 heterocycles. The third-order valence-electron chi connectivity index (χ3n) is 7.35. The Labute approximate surface area is 238 Å². The van der Waals surface area contributed by atoms with E-state index in [-0.39, 0.29) is 55.0 Å². The van der Waals surface area contributed by atoms with Crippen molar-refractivity contribution in [1.82, 2.24) is 0 Å². The van der Waals surface area contributed by atoms with Crippen LogP contribution in [0.25, 0.3) is 0 Å². The third-order valence-corrected chi connectivity index (χ3v) is 13.7. The molecule has 1 radical (unpaired) electrons. The number of hydrogen-bond donors (Lipinski definition) is 1. The van der Waals surface area contributed by atoms with Crippen LogP contribution in [-0.4, -0.2) is 26.7 Å². The van der Waals surface area contributed by atoms with Gasteiger partial charge in [0, 0.05) is 49.2 Å². The number of para-hydroxylation sites is 1. The first-order valence-electron chi connectivity index (χ1n) is 12.1. The summed E-state index contributed by atoms with van der Waals surface area (Å²) in [6, 6.07) is 6.97. The summed E-state index contributed by atoms with van der Waals surface area (Å²) in [5, 5.41) is 9.23. The molecule has 3 saturated carbocycles. The van der Waals surface area contributed by atoms with Gasteiger partial charge in [0.2, 0.25) is 0 Å². The molecule has 1 aromatic rings. The van der Waals surface area contributed by atoms with Crippen molar-refractivity contribution in [3.63, 3.8) is 0 Å². The molecule has 1 aromatic carbocycles. The summed E-state index contributed by atoms with van der Waals surface area (Å²) in [5.74, 6) is 0.229. The SMILES string of the molecule is C1CCC([PH+](C2CCCCC2)C2CCCCC2)CC1.Oc1ccccc1[CH]=[Ru]([Cl])[Cl].[Pr]. The van der Waals surface area contributed by atoms with Crippen molar-refractivity contribution in [2.24, 2.45) is 0 Å². The van der Waals surface area contributed by atoms with E-state index in [0.717, 1.165) is 5.56 Å². The van der Waals surface area contributed by atoms with Crippen LogP contribution in [0.4, 0.5) is 0 Å². The maximum atomic E-state index is 9.23. The van der Waals surface area contributed by atoms with Crippen LogP contribution in [0.3, 0.4) is 0 Å². The molecule has 3 fully saturated rings. The molecule has 0 aromatic heterocycles. The largest absolute Gasteiger partial charge is 0 e. The smallest absolute Gasteiger partial charge is 0 e. The molecule has 0 spiro atoms. The van der Waals surface area contributed by atoms with Gasteiger partial charge in [0.15, 0.2) is 0 Å². The number of hydrogen-bond acceptors (Lipinski definition) is 1. The third kappa shape index (κ3) is 10.2. The number of halogens is 2. The van der Waals surface area contributed by atoms with Gasteiger partial charge in [-0.1, -0.05) is 19.3 Å². The minimum Gasteiger partial charge on any atom is 0 e. The van der Waals surface area contributed by atoms with Gasteiger partial charge in [-0.15, -0.1) is 0 Å². The molecule has 0 aliphatic heterocycles.